The van der Waals surface area contributed by atoms with Crippen LogP contribution in [-0.2, 0) is 0 Å². The van der Waals surface area contributed by atoms with Crippen molar-refractivity contribution in [1.82, 2.24) is 0 Å². The molecule has 1 N–H and O–H groups in total. The largest absolute Gasteiger partial charge is 0.490 e. The Labute approximate surface area is 111 Å². The van der Waals surface area contributed by atoms with Crippen LogP contribution in [0.2, 0.25) is 0 Å². The van der Waals surface area contributed by atoms with Crippen LogP contribution in [0, 0.1) is 10.1 Å². The molecule has 1 aromatic rings. The minimum Gasteiger partial charge on any atom is -0.490 e. The predicted molar refractivity (Wildman–Crippen MR) is 69.5 cm³/mol. The molecule has 0 fully saturated rings. The van der Waals surface area contributed by atoms with Crippen LogP contribution >= 0.6 is 0 Å². The van der Waals surface area contributed by atoms with Crippen LogP contribution in [-0.4, -0.2) is 28.0 Å². The van der Waals surface area contributed by atoms with Crippen LogP contribution in [0.1, 0.15) is 37.6 Å². The van der Waals surface area contributed by atoms with E-state index in [0.717, 1.165) is 0 Å². The third-order valence-corrected chi connectivity index (χ3v) is 2.85. The van der Waals surface area contributed by atoms with Crippen LogP contribution in [0.25, 0.3) is 0 Å². The van der Waals surface area contributed by atoms with Gasteiger partial charge in [0.15, 0.2) is 5.78 Å². The van der Waals surface area contributed by atoms with E-state index in [1.165, 1.54) is 25.1 Å². The Balaban J connectivity index is 3.01. The molecule has 0 aromatic heterocycles. The monoisotopic (exact) mass is 267 g/mol. The second kappa shape index (κ2) is 5.79. The maximum absolute atomic E-state index is 11.5. The maximum atomic E-state index is 11.5. The third-order valence-electron chi connectivity index (χ3n) is 2.85. The van der Waals surface area contributed by atoms with Crippen LogP contribution in [0.3, 0.4) is 0 Å². The van der Waals surface area contributed by atoms with Crippen molar-refractivity contribution >= 4 is 11.5 Å². The number of hydrogen-bond acceptors (Lipinski definition) is 5. The summed E-state index contributed by atoms with van der Waals surface area (Å²) in [5.74, 6) is -0.0818. The molecular formula is C13H17NO5. The molecular weight excluding hydrogens is 250 g/mol. The van der Waals surface area contributed by atoms with Gasteiger partial charge < -0.3 is 9.84 Å². The molecule has 104 valence electrons. The van der Waals surface area contributed by atoms with E-state index in [9.17, 15) is 20.0 Å². The van der Waals surface area contributed by atoms with E-state index in [2.05, 4.69) is 0 Å². The Bertz CT molecular complexity index is 496. The number of hydrogen-bond donors (Lipinski definition) is 1. The molecule has 6 nitrogen and oxygen atoms in total. The van der Waals surface area contributed by atoms with Crippen LogP contribution in [0.15, 0.2) is 18.2 Å². The van der Waals surface area contributed by atoms with Gasteiger partial charge in [-0.25, -0.2) is 0 Å². The molecule has 0 radical (unpaired) electrons. The van der Waals surface area contributed by atoms with E-state index in [1.807, 2.05) is 6.92 Å². The summed E-state index contributed by atoms with van der Waals surface area (Å²) in [5.41, 5.74) is -1.03. The number of non-ortho nitro benzene ring substituents is 1. The summed E-state index contributed by atoms with van der Waals surface area (Å²) in [4.78, 5) is 21.6. The molecule has 1 atom stereocenters. The molecule has 1 aromatic carbocycles. The number of carbonyl (C=O) groups excluding carboxylic acids is 1. The van der Waals surface area contributed by atoms with E-state index in [-0.39, 0.29) is 29.4 Å². The fraction of sp³-hybridized carbons (Fsp3) is 0.462. The van der Waals surface area contributed by atoms with Crippen molar-refractivity contribution in [3.05, 3.63) is 33.9 Å². The smallest absolute Gasteiger partial charge is 0.270 e. The lowest BCUT2D eigenvalue weighted by Gasteiger charge is -2.22. The number of rotatable bonds is 6. The first-order chi connectivity index (χ1) is 8.76. The lowest BCUT2D eigenvalue weighted by molar-refractivity contribution is -0.384. The lowest BCUT2D eigenvalue weighted by atomic mass is 10.1. The quantitative estimate of drug-likeness (QED) is 0.485. The molecule has 1 rings (SSSR count). The molecule has 0 bridgehead atoms. The van der Waals surface area contributed by atoms with Gasteiger partial charge >= 0.3 is 0 Å². The SMILES string of the molecule is CCC(C)(O)COc1ccc([N+](=O)[O-])cc1C(C)=O. The molecule has 0 saturated carbocycles. The molecule has 0 heterocycles. The fourth-order valence-corrected chi connectivity index (χ4v) is 1.37. The highest BCUT2D eigenvalue weighted by Crippen LogP contribution is 2.25. The highest BCUT2D eigenvalue weighted by molar-refractivity contribution is 5.97. The molecule has 19 heavy (non-hydrogen) atoms. The number of ether oxygens (including phenoxy) is 1. The zero-order valence-electron chi connectivity index (χ0n) is 11.2. The number of benzene rings is 1. The van der Waals surface area contributed by atoms with Crippen molar-refractivity contribution in [2.24, 2.45) is 0 Å². The predicted octanol–water partition coefficient (Wildman–Crippen LogP) is 2.34. The second-order valence-electron chi connectivity index (χ2n) is 4.63. The van der Waals surface area contributed by atoms with Gasteiger partial charge in [0.05, 0.1) is 16.1 Å². The number of carbonyl (C=O) groups is 1. The number of nitro benzene ring substituents is 1. The van der Waals surface area contributed by atoms with Crippen molar-refractivity contribution in [3.8, 4) is 5.75 Å². The first-order valence-corrected chi connectivity index (χ1v) is 5.91. The first kappa shape index (κ1) is 15.1. The van der Waals surface area contributed by atoms with Gasteiger partial charge in [-0.1, -0.05) is 6.92 Å². The molecule has 0 spiro atoms. The van der Waals surface area contributed by atoms with Gasteiger partial charge in [-0.3, -0.25) is 14.9 Å². The summed E-state index contributed by atoms with van der Waals surface area (Å²) in [5, 5.41) is 20.5. The third kappa shape index (κ3) is 4.03. The van der Waals surface area contributed by atoms with E-state index >= 15 is 0 Å². The molecule has 0 aliphatic rings. The Kier molecular flexibility index (Phi) is 4.61. The van der Waals surface area contributed by atoms with Crippen molar-refractivity contribution in [1.29, 1.82) is 0 Å². The Morgan fingerprint density at radius 3 is 2.63 bits per heavy atom. The van der Waals surface area contributed by atoms with Gasteiger partial charge in [0, 0.05) is 12.1 Å². The van der Waals surface area contributed by atoms with Gasteiger partial charge in [-0.15, -0.1) is 0 Å². The topological polar surface area (TPSA) is 89.7 Å². The maximum Gasteiger partial charge on any atom is 0.270 e. The molecule has 1 unspecified atom stereocenters. The highest BCUT2D eigenvalue weighted by Gasteiger charge is 2.21. The summed E-state index contributed by atoms with van der Waals surface area (Å²) in [6.45, 7) is 4.75. The zero-order valence-corrected chi connectivity index (χ0v) is 11.2. The summed E-state index contributed by atoms with van der Waals surface area (Å²) in [6, 6.07) is 3.82. The molecule has 0 saturated heterocycles. The summed E-state index contributed by atoms with van der Waals surface area (Å²) >= 11 is 0. The van der Waals surface area contributed by atoms with Crippen LogP contribution < -0.4 is 4.74 Å². The van der Waals surface area contributed by atoms with Crippen molar-refractivity contribution in [2.45, 2.75) is 32.8 Å². The Morgan fingerprint density at radius 1 is 1.53 bits per heavy atom. The minimum absolute atomic E-state index is 0.0155. The number of aliphatic hydroxyl groups is 1. The Morgan fingerprint density at radius 2 is 2.16 bits per heavy atom. The van der Waals surface area contributed by atoms with Crippen LogP contribution in [0.5, 0.6) is 5.75 Å². The second-order valence-corrected chi connectivity index (χ2v) is 4.63. The van der Waals surface area contributed by atoms with E-state index in [4.69, 9.17) is 4.74 Å². The first-order valence-electron chi connectivity index (χ1n) is 5.91. The van der Waals surface area contributed by atoms with Gasteiger partial charge in [-0.2, -0.15) is 0 Å². The van der Waals surface area contributed by atoms with Crippen molar-refractivity contribution in [2.75, 3.05) is 6.61 Å². The number of Topliss-reactive ketones (excluding diaryl/α,β-unsaturated/α-hetero) is 1. The molecule has 0 amide bonds. The average molecular weight is 267 g/mol. The van der Waals surface area contributed by atoms with Gasteiger partial charge in [0.2, 0.25) is 0 Å². The molecule has 0 aliphatic heterocycles. The van der Waals surface area contributed by atoms with Gasteiger partial charge in [-0.05, 0) is 26.3 Å². The number of ketones is 1. The minimum atomic E-state index is -1.00. The summed E-state index contributed by atoms with van der Waals surface area (Å²) in [6.07, 6.45) is 0.495. The normalized spacial score (nSPS) is 13.7. The zero-order chi connectivity index (χ0) is 14.6. The van der Waals surface area contributed by atoms with Crippen LogP contribution in [0.4, 0.5) is 5.69 Å². The van der Waals surface area contributed by atoms with Crippen molar-refractivity contribution in [3.63, 3.8) is 0 Å². The highest BCUT2D eigenvalue weighted by atomic mass is 16.6. The van der Waals surface area contributed by atoms with Crippen molar-refractivity contribution < 1.29 is 19.6 Å². The summed E-state index contributed by atoms with van der Waals surface area (Å²) in [7, 11) is 0. The number of nitrogens with zero attached hydrogens (tertiary/aromatic N) is 1. The molecule has 6 heteroatoms. The fourth-order valence-electron chi connectivity index (χ4n) is 1.37. The number of nitro groups is 1. The summed E-state index contributed by atoms with van der Waals surface area (Å²) < 4.78 is 5.40. The standard InChI is InChI=1S/C13H17NO5/c1-4-13(3,16)8-19-12-6-5-10(14(17)18)7-11(12)9(2)15/h5-7,16H,4,8H2,1-3H3. The van der Waals surface area contributed by atoms with E-state index in [1.54, 1.807) is 6.92 Å². The Hall–Kier alpha value is -1.95. The van der Waals surface area contributed by atoms with E-state index < -0.39 is 10.5 Å². The van der Waals surface area contributed by atoms with Gasteiger partial charge in [0.25, 0.3) is 5.69 Å². The lowest BCUT2D eigenvalue weighted by Crippen LogP contribution is -2.31. The van der Waals surface area contributed by atoms with Gasteiger partial charge in [0.1, 0.15) is 12.4 Å². The average Bonchev–Trinajstić information content (AvgIpc) is 2.36. The van der Waals surface area contributed by atoms with E-state index in [0.29, 0.717) is 6.42 Å². The molecule has 0 aliphatic carbocycles.